The predicted octanol–water partition coefficient (Wildman–Crippen LogP) is 0.784. The number of hydrogen-bond acceptors (Lipinski definition) is 0. The van der Waals surface area contributed by atoms with E-state index in [-0.39, 0.29) is 5.49 Å². The van der Waals surface area contributed by atoms with E-state index in [1.807, 2.05) is 0 Å². The molecular formula is C2H6HfSi+2. The topological polar surface area (TPSA) is 0 Å². The van der Waals surface area contributed by atoms with E-state index in [0.29, 0.717) is 0 Å². The molecule has 0 saturated carbocycles. The van der Waals surface area contributed by atoms with Crippen molar-refractivity contribution in [2.75, 3.05) is 0 Å². The molecule has 0 radical (unpaired) electrons. The summed E-state index contributed by atoms with van der Waals surface area (Å²) in [5.41, 5.74) is 0.259. The standard InChI is InChI=1S/C2H6Si.Hf/c1-3-2;/h1-2H3;/q;+2. The van der Waals surface area contributed by atoms with Gasteiger partial charge >= 0.3 is 41.6 Å². The van der Waals surface area contributed by atoms with Crippen molar-refractivity contribution in [3.63, 3.8) is 0 Å². The van der Waals surface area contributed by atoms with Crippen molar-refractivity contribution < 1.29 is 23.0 Å². The van der Waals surface area contributed by atoms with Gasteiger partial charge in [-0.3, -0.25) is 0 Å². The first kappa shape index (κ1) is 5.09. The average Bonchev–Trinajstić information content (AvgIpc) is 0.811. The van der Waals surface area contributed by atoms with Gasteiger partial charge in [0, 0.05) is 0 Å². The Morgan fingerprint density at radius 1 is 1.50 bits per heavy atom. The van der Waals surface area contributed by atoms with Crippen LogP contribution in [0.25, 0.3) is 0 Å². The minimum absolute atomic E-state index is 0.259. The average molecular weight is 237 g/mol. The van der Waals surface area contributed by atoms with Crippen LogP contribution in [0.15, 0.2) is 0 Å². The third-order valence-corrected chi connectivity index (χ3v) is 0. The van der Waals surface area contributed by atoms with Crippen LogP contribution in [0.2, 0.25) is 13.1 Å². The quantitative estimate of drug-likeness (QED) is 0.546. The molecule has 0 fully saturated rings. The van der Waals surface area contributed by atoms with Crippen molar-refractivity contribution in [1.29, 1.82) is 0 Å². The third-order valence-electron chi connectivity index (χ3n) is 0. The Labute approximate surface area is 41.7 Å². The van der Waals surface area contributed by atoms with Crippen molar-refractivity contribution >= 4 is 5.49 Å². The van der Waals surface area contributed by atoms with E-state index in [1.165, 1.54) is 23.0 Å². The molecule has 0 aliphatic rings. The van der Waals surface area contributed by atoms with Gasteiger partial charge in [0.15, 0.2) is 0 Å². The summed E-state index contributed by atoms with van der Waals surface area (Å²) in [6, 6.07) is 0. The zero-order valence-corrected chi connectivity index (χ0v) is 7.59. The molecule has 0 amide bonds. The first-order chi connectivity index (χ1) is 1.73. The molecule has 0 nitrogen and oxygen atoms in total. The molecule has 0 bridgehead atoms. The second-order valence-corrected chi connectivity index (χ2v) is 13.8. The van der Waals surface area contributed by atoms with E-state index >= 15 is 0 Å². The monoisotopic (exact) mass is 238 g/mol. The van der Waals surface area contributed by atoms with Gasteiger partial charge in [0.1, 0.15) is 0 Å². The summed E-state index contributed by atoms with van der Waals surface area (Å²) >= 11 is 1.45. The minimum atomic E-state index is 0.259. The van der Waals surface area contributed by atoms with Gasteiger partial charge in [0.2, 0.25) is 0 Å². The third kappa shape index (κ3) is 11.4. The fourth-order valence-corrected chi connectivity index (χ4v) is 0. The van der Waals surface area contributed by atoms with Gasteiger partial charge in [-0.15, -0.1) is 0 Å². The van der Waals surface area contributed by atoms with Crippen molar-refractivity contribution in [3.8, 4) is 0 Å². The molecule has 0 aromatic rings. The summed E-state index contributed by atoms with van der Waals surface area (Å²) in [5, 5.41) is 0. The molecule has 0 aromatic carbocycles. The molecule has 0 aliphatic carbocycles. The molecule has 0 aliphatic heterocycles. The summed E-state index contributed by atoms with van der Waals surface area (Å²) in [7, 11) is 0. The van der Waals surface area contributed by atoms with E-state index in [0.717, 1.165) is 0 Å². The Hall–Kier alpha value is 1.09. The Morgan fingerprint density at radius 2 is 1.50 bits per heavy atom. The van der Waals surface area contributed by atoms with Gasteiger partial charge in [-0.05, 0) is 0 Å². The van der Waals surface area contributed by atoms with Gasteiger partial charge in [0.05, 0.1) is 0 Å². The molecule has 0 rings (SSSR count). The molecule has 4 heavy (non-hydrogen) atoms. The van der Waals surface area contributed by atoms with Crippen LogP contribution in [0.5, 0.6) is 0 Å². The van der Waals surface area contributed by atoms with Crippen LogP contribution in [-0.2, 0) is 23.0 Å². The number of hydrogen-bond donors (Lipinski definition) is 0. The van der Waals surface area contributed by atoms with Crippen LogP contribution in [-0.4, -0.2) is 5.49 Å². The van der Waals surface area contributed by atoms with Crippen molar-refractivity contribution in [2.45, 2.75) is 13.1 Å². The molecule has 0 heterocycles. The SMILES string of the molecule is C[Si](C)=[Hf+2]. The van der Waals surface area contributed by atoms with E-state index < -0.39 is 0 Å². The molecule has 0 atom stereocenters. The van der Waals surface area contributed by atoms with Crippen LogP contribution in [0.3, 0.4) is 0 Å². The summed E-state index contributed by atoms with van der Waals surface area (Å²) in [5.74, 6) is 0. The van der Waals surface area contributed by atoms with Gasteiger partial charge in [0.25, 0.3) is 0 Å². The van der Waals surface area contributed by atoms with Crippen molar-refractivity contribution in [1.82, 2.24) is 0 Å². The summed E-state index contributed by atoms with van der Waals surface area (Å²) in [6.07, 6.45) is 0. The Balaban J connectivity index is 2.80. The van der Waals surface area contributed by atoms with Gasteiger partial charge in [-0.2, -0.15) is 0 Å². The summed E-state index contributed by atoms with van der Waals surface area (Å²) in [4.78, 5) is 0. The fraction of sp³-hybridized carbons (Fsp3) is 1.00. The van der Waals surface area contributed by atoms with Gasteiger partial charge < -0.3 is 0 Å². The Bertz CT molecular complexity index is 29.0. The predicted molar refractivity (Wildman–Crippen MR) is 17.5 cm³/mol. The van der Waals surface area contributed by atoms with Crippen LogP contribution >= 0.6 is 0 Å². The first-order valence-corrected chi connectivity index (χ1v) is 9.14. The zero-order valence-electron chi connectivity index (χ0n) is 3.00. The van der Waals surface area contributed by atoms with E-state index in [4.69, 9.17) is 0 Å². The van der Waals surface area contributed by atoms with Crippen molar-refractivity contribution in [2.24, 2.45) is 0 Å². The van der Waals surface area contributed by atoms with Crippen molar-refractivity contribution in [3.05, 3.63) is 0 Å². The van der Waals surface area contributed by atoms with Crippen LogP contribution in [0, 0.1) is 0 Å². The second kappa shape index (κ2) is 2.33. The van der Waals surface area contributed by atoms with E-state index in [1.54, 1.807) is 0 Å². The molecule has 0 spiro atoms. The maximum absolute atomic E-state index is 2.33. The van der Waals surface area contributed by atoms with Crippen LogP contribution in [0.1, 0.15) is 0 Å². The fourth-order valence-electron chi connectivity index (χ4n) is 0. The van der Waals surface area contributed by atoms with E-state index in [9.17, 15) is 0 Å². The number of rotatable bonds is 0. The first-order valence-electron chi connectivity index (χ1n) is 1.25. The van der Waals surface area contributed by atoms with Gasteiger partial charge in [-0.25, -0.2) is 0 Å². The Morgan fingerprint density at radius 3 is 1.50 bits per heavy atom. The molecule has 0 aromatic heterocycles. The molecule has 0 N–H and O–H groups in total. The summed E-state index contributed by atoms with van der Waals surface area (Å²) in [6.45, 7) is 4.66. The van der Waals surface area contributed by atoms with Crippen LogP contribution < -0.4 is 0 Å². The molecular weight excluding hydrogens is 231 g/mol. The summed E-state index contributed by atoms with van der Waals surface area (Å²) < 4.78 is 0. The Kier molecular flexibility index (Phi) is 2.97. The zero-order chi connectivity index (χ0) is 3.58. The molecule has 2 heteroatoms. The van der Waals surface area contributed by atoms with Crippen LogP contribution in [0.4, 0.5) is 0 Å². The van der Waals surface area contributed by atoms with Gasteiger partial charge in [-0.1, -0.05) is 0 Å². The normalized spacial score (nSPS) is 7.00. The second-order valence-electron chi connectivity index (χ2n) is 1.00. The molecule has 0 unspecified atom stereocenters. The maximum atomic E-state index is 2.33. The molecule has 0 saturated heterocycles. The van der Waals surface area contributed by atoms with E-state index in [2.05, 4.69) is 13.1 Å². The molecule has 20 valence electrons.